The van der Waals surface area contributed by atoms with Crippen LogP contribution in [0.2, 0.25) is 5.02 Å². The molecule has 1 N–H and O–H groups in total. The van der Waals surface area contributed by atoms with Crippen LogP contribution >= 0.6 is 11.6 Å². The van der Waals surface area contributed by atoms with Gasteiger partial charge in [-0.05, 0) is 44.0 Å². The van der Waals surface area contributed by atoms with Crippen LogP contribution < -0.4 is 4.74 Å². The molecule has 1 aliphatic heterocycles. The molecule has 0 saturated heterocycles. The molecular weight excluding hydrogens is 278 g/mol. The molecule has 1 unspecified atom stereocenters. The SMILES string of the molecule is CC(C)N(CCCO)C(=O)C1Cc2cc(Cl)ccc2O1. The molecule has 0 saturated carbocycles. The van der Waals surface area contributed by atoms with Crippen molar-refractivity contribution in [2.75, 3.05) is 13.2 Å². The number of ether oxygens (including phenoxy) is 1. The Bertz CT molecular complexity index is 490. The smallest absolute Gasteiger partial charge is 0.264 e. The van der Waals surface area contributed by atoms with Crippen molar-refractivity contribution in [1.29, 1.82) is 0 Å². The summed E-state index contributed by atoms with van der Waals surface area (Å²) in [6.07, 6.45) is 0.650. The summed E-state index contributed by atoms with van der Waals surface area (Å²) in [5.74, 6) is 0.708. The molecule has 2 rings (SSSR count). The molecule has 5 heteroatoms. The fourth-order valence-electron chi connectivity index (χ4n) is 2.40. The molecule has 0 aliphatic carbocycles. The van der Waals surface area contributed by atoms with Crippen LogP contribution in [0.25, 0.3) is 0 Å². The summed E-state index contributed by atoms with van der Waals surface area (Å²) >= 11 is 5.95. The predicted octanol–water partition coefficient (Wildman–Crippen LogP) is 2.26. The summed E-state index contributed by atoms with van der Waals surface area (Å²) in [6, 6.07) is 5.50. The summed E-state index contributed by atoms with van der Waals surface area (Å²) in [6.45, 7) is 4.56. The van der Waals surface area contributed by atoms with Crippen LogP contribution in [0, 0.1) is 0 Å². The van der Waals surface area contributed by atoms with E-state index in [9.17, 15) is 4.79 Å². The summed E-state index contributed by atoms with van der Waals surface area (Å²) < 4.78 is 5.72. The third-order valence-electron chi connectivity index (χ3n) is 3.44. The average Bonchev–Trinajstić information content (AvgIpc) is 2.81. The highest BCUT2D eigenvalue weighted by Crippen LogP contribution is 2.31. The number of amides is 1. The van der Waals surface area contributed by atoms with Gasteiger partial charge in [0.1, 0.15) is 5.75 Å². The number of benzene rings is 1. The van der Waals surface area contributed by atoms with Gasteiger partial charge in [0.15, 0.2) is 6.10 Å². The Balaban J connectivity index is 2.07. The zero-order valence-corrected chi connectivity index (χ0v) is 12.6. The van der Waals surface area contributed by atoms with Crippen molar-refractivity contribution in [3.8, 4) is 5.75 Å². The van der Waals surface area contributed by atoms with Gasteiger partial charge in [-0.2, -0.15) is 0 Å². The molecular formula is C15H20ClNO3. The largest absolute Gasteiger partial charge is 0.480 e. The van der Waals surface area contributed by atoms with Gasteiger partial charge in [-0.15, -0.1) is 0 Å². The highest BCUT2D eigenvalue weighted by Gasteiger charge is 2.33. The summed E-state index contributed by atoms with van der Waals surface area (Å²) in [5.41, 5.74) is 0.974. The van der Waals surface area contributed by atoms with E-state index in [1.165, 1.54) is 0 Å². The third kappa shape index (κ3) is 3.25. The molecule has 4 nitrogen and oxygen atoms in total. The van der Waals surface area contributed by atoms with Gasteiger partial charge in [0.05, 0.1) is 0 Å². The maximum absolute atomic E-state index is 12.5. The third-order valence-corrected chi connectivity index (χ3v) is 3.67. The van der Waals surface area contributed by atoms with E-state index in [4.69, 9.17) is 21.4 Å². The molecule has 1 amide bonds. The van der Waals surface area contributed by atoms with Gasteiger partial charge >= 0.3 is 0 Å². The van der Waals surface area contributed by atoms with Crippen LogP contribution in [0.1, 0.15) is 25.8 Å². The van der Waals surface area contributed by atoms with E-state index in [0.717, 1.165) is 11.3 Å². The zero-order chi connectivity index (χ0) is 14.7. The van der Waals surface area contributed by atoms with Gasteiger partial charge in [-0.1, -0.05) is 11.6 Å². The minimum atomic E-state index is -0.482. The molecule has 1 atom stereocenters. The zero-order valence-electron chi connectivity index (χ0n) is 11.8. The van der Waals surface area contributed by atoms with Gasteiger partial charge < -0.3 is 14.7 Å². The number of hydrogen-bond acceptors (Lipinski definition) is 3. The van der Waals surface area contributed by atoms with Gasteiger partial charge in [0.25, 0.3) is 5.91 Å². The highest BCUT2D eigenvalue weighted by molar-refractivity contribution is 6.30. The van der Waals surface area contributed by atoms with E-state index in [2.05, 4.69) is 0 Å². The van der Waals surface area contributed by atoms with Crippen molar-refractivity contribution in [3.05, 3.63) is 28.8 Å². The maximum Gasteiger partial charge on any atom is 0.264 e. The molecule has 1 aliphatic rings. The topological polar surface area (TPSA) is 49.8 Å². The Kier molecular flexibility index (Phi) is 4.89. The van der Waals surface area contributed by atoms with Crippen molar-refractivity contribution in [2.24, 2.45) is 0 Å². The van der Waals surface area contributed by atoms with E-state index in [1.54, 1.807) is 17.0 Å². The standard InChI is InChI=1S/C15H20ClNO3/c1-10(2)17(6-3-7-18)15(19)14-9-11-8-12(16)4-5-13(11)20-14/h4-5,8,10,14,18H,3,6-7,9H2,1-2H3. The van der Waals surface area contributed by atoms with E-state index in [1.807, 2.05) is 19.9 Å². The van der Waals surface area contributed by atoms with Gasteiger partial charge in [-0.3, -0.25) is 4.79 Å². The quantitative estimate of drug-likeness (QED) is 0.907. The second-order valence-electron chi connectivity index (χ2n) is 5.27. The molecule has 1 heterocycles. The molecule has 110 valence electrons. The van der Waals surface area contributed by atoms with Crippen LogP contribution in [0.4, 0.5) is 0 Å². The average molecular weight is 298 g/mol. The van der Waals surface area contributed by atoms with Crippen LogP contribution in [0.3, 0.4) is 0 Å². The molecule has 1 aromatic carbocycles. The van der Waals surface area contributed by atoms with Gasteiger partial charge in [0.2, 0.25) is 0 Å². The first-order chi connectivity index (χ1) is 9.52. The summed E-state index contributed by atoms with van der Waals surface area (Å²) in [7, 11) is 0. The molecule has 0 spiro atoms. The van der Waals surface area contributed by atoms with E-state index >= 15 is 0 Å². The Labute approximate surface area is 124 Å². The molecule has 0 fully saturated rings. The Hall–Kier alpha value is -1.26. The van der Waals surface area contributed by atoms with Crippen molar-refractivity contribution >= 4 is 17.5 Å². The lowest BCUT2D eigenvalue weighted by Gasteiger charge is -2.28. The molecule has 0 bridgehead atoms. The van der Waals surface area contributed by atoms with Crippen molar-refractivity contribution in [2.45, 2.75) is 38.8 Å². The number of carbonyl (C=O) groups excluding carboxylic acids is 1. The number of aliphatic hydroxyl groups is 1. The molecule has 20 heavy (non-hydrogen) atoms. The monoisotopic (exact) mass is 297 g/mol. The fraction of sp³-hybridized carbons (Fsp3) is 0.533. The maximum atomic E-state index is 12.5. The molecule has 0 radical (unpaired) electrons. The summed E-state index contributed by atoms with van der Waals surface area (Å²) in [5, 5.41) is 9.59. The van der Waals surface area contributed by atoms with Crippen LogP contribution in [0.5, 0.6) is 5.75 Å². The second kappa shape index (κ2) is 6.46. The number of halogens is 1. The second-order valence-corrected chi connectivity index (χ2v) is 5.70. The Morgan fingerprint density at radius 3 is 2.95 bits per heavy atom. The number of aliphatic hydroxyl groups excluding tert-OH is 1. The number of hydrogen-bond donors (Lipinski definition) is 1. The van der Waals surface area contributed by atoms with Gasteiger partial charge in [-0.25, -0.2) is 0 Å². The lowest BCUT2D eigenvalue weighted by molar-refractivity contribution is -0.139. The Morgan fingerprint density at radius 2 is 2.30 bits per heavy atom. The minimum absolute atomic E-state index is 0.0271. The lowest BCUT2D eigenvalue weighted by Crippen LogP contribution is -2.45. The first kappa shape index (κ1) is 15.1. The Morgan fingerprint density at radius 1 is 1.55 bits per heavy atom. The predicted molar refractivity (Wildman–Crippen MR) is 78.1 cm³/mol. The van der Waals surface area contributed by atoms with Gasteiger partial charge in [0, 0.05) is 30.6 Å². The number of rotatable bonds is 5. The van der Waals surface area contributed by atoms with Crippen molar-refractivity contribution in [1.82, 2.24) is 4.90 Å². The summed E-state index contributed by atoms with van der Waals surface area (Å²) in [4.78, 5) is 14.3. The molecule has 1 aromatic rings. The fourth-order valence-corrected chi connectivity index (χ4v) is 2.60. The lowest BCUT2D eigenvalue weighted by atomic mass is 10.1. The molecule has 0 aromatic heterocycles. The van der Waals surface area contributed by atoms with Crippen LogP contribution in [0.15, 0.2) is 18.2 Å². The van der Waals surface area contributed by atoms with Crippen molar-refractivity contribution < 1.29 is 14.6 Å². The van der Waals surface area contributed by atoms with E-state index < -0.39 is 6.10 Å². The minimum Gasteiger partial charge on any atom is -0.480 e. The number of carbonyl (C=O) groups is 1. The first-order valence-corrected chi connectivity index (χ1v) is 7.27. The van der Waals surface area contributed by atoms with E-state index in [0.29, 0.717) is 24.4 Å². The highest BCUT2D eigenvalue weighted by atomic mass is 35.5. The number of fused-ring (bicyclic) bond motifs is 1. The van der Waals surface area contributed by atoms with Crippen molar-refractivity contribution in [3.63, 3.8) is 0 Å². The van der Waals surface area contributed by atoms with E-state index in [-0.39, 0.29) is 18.6 Å². The number of nitrogens with zero attached hydrogens (tertiary/aromatic N) is 1. The normalized spacial score (nSPS) is 16.9. The van der Waals surface area contributed by atoms with Crippen LogP contribution in [-0.2, 0) is 11.2 Å². The first-order valence-electron chi connectivity index (χ1n) is 6.89. The van der Waals surface area contributed by atoms with Crippen LogP contribution in [-0.4, -0.2) is 41.2 Å².